The van der Waals surface area contributed by atoms with Crippen molar-refractivity contribution in [1.82, 2.24) is 0 Å². The molecule has 0 rings (SSSR count). The van der Waals surface area contributed by atoms with Crippen molar-refractivity contribution in [2.75, 3.05) is 0 Å². The highest BCUT2D eigenvalue weighted by Crippen LogP contribution is 2.59. The smallest absolute Gasteiger partial charge is 0.382 e. The number of hydrogen-bond donors (Lipinski definition) is 4. The van der Waals surface area contributed by atoms with Crippen LogP contribution in [0.2, 0.25) is 0 Å². The van der Waals surface area contributed by atoms with Crippen LogP contribution in [-0.2, 0) is 0 Å². The first kappa shape index (κ1) is 22.1. The summed E-state index contributed by atoms with van der Waals surface area (Å²) in [5, 5.41) is 11.9. The molecule has 16 heteroatoms. The van der Waals surface area contributed by atoms with Crippen LogP contribution in [0.3, 0.4) is 0 Å². The molecule has 0 aromatic heterocycles. The summed E-state index contributed by atoms with van der Waals surface area (Å²) >= 11 is 0. The molecule has 24 heavy (non-hydrogen) atoms. The molecule has 0 radical (unpaired) electrons. The average Bonchev–Trinajstić information content (AvgIpc) is 2.36. The first-order chi connectivity index (χ1) is 10.1. The molecule has 0 fully saturated rings. The predicted molar refractivity (Wildman–Crippen MR) is 53.5 cm³/mol. The zero-order valence-electron chi connectivity index (χ0n) is 10.7. The summed E-state index contributed by atoms with van der Waals surface area (Å²) in [5.74, 6) is -50.1. The third-order valence-electron chi connectivity index (χ3n) is 2.65. The molecule has 0 saturated carbocycles. The van der Waals surface area contributed by atoms with Crippen molar-refractivity contribution in [2.24, 2.45) is 11.5 Å². The summed E-state index contributed by atoms with van der Waals surface area (Å²) in [6.07, 6.45) is 0. The van der Waals surface area contributed by atoms with Gasteiger partial charge in [-0.2, -0.15) is 52.7 Å². The van der Waals surface area contributed by atoms with Gasteiger partial charge in [0.15, 0.2) is 11.7 Å². The molecule has 0 amide bonds. The quantitative estimate of drug-likeness (QED) is 0.307. The maximum absolute atomic E-state index is 13.1. The number of nitrogens with one attached hydrogen (secondary N) is 2. The van der Waals surface area contributed by atoms with E-state index >= 15 is 0 Å². The Kier molecular flexibility index (Phi) is 4.88. The van der Waals surface area contributed by atoms with Gasteiger partial charge in [0.2, 0.25) is 0 Å². The zero-order valence-corrected chi connectivity index (χ0v) is 10.7. The minimum atomic E-state index is -7.84. The van der Waals surface area contributed by atoms with E-state index in [2.05, 4.69) is 11.5 Å². The molecule has 0 aliphatic carbocycles. The first-order valence-corrected chi connectivity index (χ1v) is 5.10. The van der Waals surface area contributed by atoms with Crippen molar-refractivity contribution in [2.45, 2.75) is 35.5 Å². The van der Waals surface area contributed by atoms with Crippen molar-refractivity contribution < 1.29 is 52.7 Å². The predicted octanol–water partition coefficient (Wildman–Crippen LogP) is 2.67. The average molecular weight is 386 g/mol. The lowest BCUT2D eigenvalue weighted by Crippen LogP contribution is -2.73. The third-order valence-corrected chi connectivity index (χ3v) is 2.65. The van der Waals surface area contributed by atoms with Crippen molar-refractivity contribution in [3.63, 3.8) is 0 Å². The molecular weight excluding hydrogens is 380 g/mol. The van der Waals surface area contributed by atoms with E-state index in [1.807, 2.05) is 0 Å². The Morgan fingerprint density at radius 1 is 0.458 bits per heavy atom. The van der Waals surface area contributed by atoms with E-state index < -0.39 is 47.2 Å². The number of rotatable bonds is 7. The lowest BCUT2D eigenvalue weighted by Gasteiger charge is -2.40. The molecule has 0 unspecified atom stereocenters. The van der Waals surface area contributed by atoms with Crippen molar-refractivity contribution in [3.05, 3.63) is 0 Å². The number of hydrogen-bond acceptors (Lipinski definition) is 2. The minimum Gasteiger partial charge on any atom is -0.382 e. The standard InChI is InChI=1S/C8H6F12N4/c9-3(10,1(21)22)5(13,14)7(17,18)8(19,20)6(15,16)4(11,12)2(23)24/h(H3,21,22)(H3,23,24). The summed E-state index contributed by atoms with van der Waals surface area (Å²) in [6.45, 7) is 0. The highest BCUT2D eigenvalue weighted by atomic mass is 19.4. The third kappa shape index (κ3) is 2.42. The molecule has 142 valence electrons. The second kappa shape index (κ2) is 5.30. The van der Waals surface area contributed by atoms with Gasteiger partial charge < -0.3 is 11.5 Å². The minimum absolute atomic E-state index is 3.12. The Morgan fingerprint density at radius 2 is 0.625 bits per heavy atom. The Labute approximate surface area is 123 Å². The highest BCUT2D eigenvalue weighted by molar-refractivity contribution is 5.86. The molecule has 0 aliphatic heterocycles. The fourth-order valence-corrected chi connectivity index (χ4v) is 1.13. The SMILES string of the molecule is N=C(N)C(F)(F)C(F)(F)C(F)(F)C(F)(F)C(F)(F)C(F)(F)C(=N)N. The van der Waals surface area contributed by atoms with E-state index in [1.165, 1.54) is 0 Å². The van der Waals surface area contributed by atoms with Crippen molar-refractivity contribution >= 4 is 11.7 Å². The molecule has 0 bridgehead atoms. The summed E-state index contributed by atoms with van der Waals surface area (Å²) in [7, 11) is 0. The van der Waals surface area contributed by atoms with Crippen LogP contribution in [0.5, 0.6) is 0 Å². The largest absolute Gasteiger partial charge is 0.385 e. The van der Waals surface area contributed by atoms with Gasteiger partial charge >= 0.3 is 35.5 Å². The second-order valence-electron chi connectivity index (χ2n) is 4.27. The maximum Gasteiger partial charge on any atom is 0.385 e. The van der Waals surface area contributed by atoms with Crippen LogP contribution >= 0.6 is 0 Å². The summed E-state index contributed by atoms with van der Waals surface area (Å²) in [6, 6.07) is 0. The van der Waals surface area contributed by atoms with Gasteiger partial charge in [-0.25, -0.2) is 0 Å². The lowest BCUT2D eigenvalue weighted by atomic mass is 9.90. The number of nitrogens with two attached hydrogens (primary N) is 2. The van der Waals surface area contributed by atoms with E-state index in [0.717, 1.165) is 0 Å². The molecule has 0 aromatic rings. The van der Waals surface area contributed by atoms with Gasteiger partial charge in [-0.15, -0.1) is 0 Å². The molecule has 0 heterocycles. The zero-order chi connectivity index (χ0) is 20.2. The number of amidine groups is 2. The number of alkyl halides is 12. The van der Waals surface area contributed by atoms with Gasteiger partial charge in [-0.1, -0.05) is 0 Å². The summed E-state index contributed by atoms with van der Waals surface area (Å²) < 4.78 is 155. The first-order valence-electron chi connectivity index (χ1n) is 5.10. The van der Waals surface area contributed by atoms with E-state index in [9.17, 15) is 52.7 Å². The molecular formula is C8H6F12N4. The fourth-order valence-electron chi connectivity index (χ4n) is 1.13. The Morgan fingerprint density at radius 3 is 0.750 bits per heavy atom. The van der Waals surface area contributed by atoms with Gasteiger partial charge in [0.1, 0.15) is 0 Å². The molecule has 0 saturated heterocycles. The lowest BCUT2D eigenvalue weighted by molar-refractivity contribution is -0.410. The summed E-state index contributed by atoms with van der Waals surface area (Å²) in [4.78, 5) is 0. The van der Waals surface area contributed by atoms with Crippen LogP contribution in [0.1, 0.15) is 0 Å². The van der Waals surface area contributed by atoms with Crippen LogP contribution in [0.15, 0.2) is 0 Å². The van der Waals surface area contributed by atoms with E-state index in [1.54, 1.807) is 0 Å². The molecule has 6 N–H and O–H groups in total. The Bertz CT molecular complexity index is 491. The van der Waals surface area contributed by atoms with Crippen molar-refractivity contribution in [3.8, 4) is 0 Å². The normalized spacial score (nSPS) is 15.3. The molecule has 0 spiro atoms. The van der Waals surface area contributed by atoms with Crippen molar-refractivity contribution in [1.29, 1.82) is 10.8 Å². The van der Waals surface area contributed by atoms with Crippen LogP contribution in [0.25, 0.3) is 0 Å². The van der Waals surface area contributed by atoms with Crippen LogP contribution < -0.4 is 11.5 Å². The van der Waals surface area contributed by atoms with Gasteiger partial charge in [-0.3, -0.25) is 10.8 Å². The van der Waals surface area contributed by atoms with Gasteiger partial charge in [0.25, 0.3) is 0 Å². The van der Waals surface area contributed by atoms with E-state index in [-0.39, 0.29) is 0 Å². The van der Waals surface area contributed by atoms with Gasteiger partial charge in [0.05, 0.1) is 0 Å². The topological polar surface area (TPSA) is 99.7 Å². The second-order valence-corrected chi connectivity index (χ2v) is 4.27. The highest BCUT2D eigenvalue weighted by Gasteiger charge is 2.91. The van der Waals surface area contributed by atoms with Gasteiger partial charge in [-0.05, 0) is 0 Å². The Hall–Kier alpha value is -1.90. The van der Waals surface area contributed by atoms with Crippen LogP contribution in [0.4, 0.5) is 52.7 Å². The van der Waals surface area contributed by atoms with Crippen LogP contribution in [0, 0.1) is 10.8 Å². The maximum atomic E-state index is 13.1. The molecule has 0 atom stereocenters. The molecule has 0 aromatic carbocycles. The van der Waals surface area contributed by atoms with E-state index in [0.29, 0.717) is 0 Å². The van der Waals surface area contributed by atoms with Gasteiger partial charge in [0, 0.05) is 0 Å². The monoisotopic (exact) mass is 386 g/mol. The Balaban J connectivity index is 6.48. The summed E-state index contributed by atoms with van der Waals surface area (Å²) in [5.41, 5.74) is 7.65. The molecule has 4 nitrogen and oxygen atoms in total. The fraction of sp³-hybridized carbons (Fsp3) is 0.750. The van der Waals surface area contributed by atoms with Crippen LogP contribution in [-0.4, -0.2) is 47.2 Å². The van der Waals surface area contributed by atoms with E-state index in [4.69, 9.17) is 10.8 Å². The number of halogens is 12. The molecule has 0 aliphatic rings.